The average molecular weight is 471 g/mol. The zero-order chi connectivity index (χ0) is 24.0. The Labute approximate surface area is 199 Å². The smallest absolute Gasteiger partial charge is 0.407 e. The number of alkyl halides is 2. The van der Waals surface area contributed by atoms with Gasteiger partial charge in [-0.25, -0.2) is 4.79 Å². The maximum Gasteiger partial charge on any atom is 0.407 e. The molecule has 0 saturated carbocycles. The molecule has 1 N–H and O–H groups in total. The fourth-order valence-corrected chi connectivity index (χ4v) is 5.90. The van der Waals surface area contributed by atoms with Crippen molar-refractivity contribution in [3.63, 3.8) is 0 Å². The lowest BCUT2D eigenvalue weighted by atomic mass is 9.85. The molecule has 2 aromatic carbocycles. The molecule has 2 atom stereocenters. The van der Waals surface area contributed by atoms with Crippen LogP contribution < -0.4 is 10.1 Å². The first-order valence-electron chi connectivity index (χ1n) is 12.1. The molecule has 4 aliphatic rings. The van der Waals surface area contributed by atoms with E-state index in [0.717, 1.165) is 55.6 Å². The van der Waals surface area contributed by atoms with E-state index in [-0.39, 0.29) is 29.4 Å². The Bertz CT molecular complexity index is 1080. The van der Waals surface area contributed by atoms with E-state index in [4.69, 9.17) is 4.74 Å². The molecule has 5 nitrogen and oxygen atoms in total. The van der Waals surface area contributed by atoms with Gasteiger partial charge >= 0.3 is 12.7 Å². The molecule has 3 heterocycles. The number of benzene rings is 2. The zero-order valence-electron chi connectivity index (χ0n) is 19.9. The summed E-state index contributed by atoms with van der Waals surface area (Å²) in [6, 6.07) is 11.3. The first kappa shape index (κ1) is 23.1. The average Bonchev–Trinajstić information content (AvgIpc) is 3.04. The first-order chi connectivity index (χ1) is 16.2. The summed E-state index contributed by atoms with van der Waals surface area (Å²) in [5.74, 6) is 0.662. The number of amides is 1. The molecular formula is C27H32F2N2O3. The lowest BCUT2D eigenvalue weighted by molar-refractivity contribution is -0.0502. The number of alkyl carbamates (subject to hydrolysis) is 1. The van der Waals surface area contributed by atoms with Crippen LogP contribution in [-0.4, -0.2) is 43.3 Å². The number of hydrogen-bond acceptors (Lipinski definition) is 4. The van der Waals surface area contributed by atoms with Gasteiger partial charge in [0.15, 0.2) is 0 Å². The number of carbonyl (C=O) groups is 1. The molecule has 0 aromatic heterocycles. The number of ether oxygens (including phenoxy) is 2. The van der Waals surface area contributed by atoms with Crippen LogP contribution in [0.2, 0.25) is 0 Å². The number of halogens is 2. The number of nitrogens with zero attached hydrogens (tertiary/aromatic N) is 1. The number of hydrogen-bond donors (Lipinski definition) is 1. The third-order valence-electron chi connectivity index (χ3n) is 7.72. The summed E-state index contributed by atoms with van der Waals surface area (Å²) in [5.41, 5.74) is 4.75. The SMILES string of the molecule is Cc1cc(-c2ccc3c(c2)CC(C)(C)[C@H]3NC(=O)O[C@@H]2CN3CCC2CC3)ccc1OC(F)F. The minimum atomic E-state index is -2.84. The van der Waals surface area contributed by atoms with Gasteiger partial charge in [0.05, 0.1) is 6.04 Å². The van der Waals surface area contributed by atoms with Crippen LogP contribution in [0.4, 0.5) is 13.6 Å². The molecular weight excluding hydrogens is 438 g/mol. The summed E-state index contributed by atoms with van der Waals surface area (Å²) in [4.78, 5) is 15.2. The Morgan fingerprint density at radius 2 is 1.82 bits per heavy atom. The zero-order valence-corrected chi connectivity index (χ0v) is 19.9. The summed E-state index contributed by atoms with van der Waals surface area (Å²) in [7, 11) is 0. The van der Waals surface area contributed by atoms with E-state index >= 15 is 0 Å². The summed E-state index contributed by atoms with van der Waals surface area (Å²) in [5, 5.41) is 3.16. The van der Waals surface area contributed by atoms with Crippen molar-refractivity contribution in [3.05, 3.63) is 53.1 Å². The Morgan fingerprint density at radius 3 is 2.47 bits per heavy atom. The van der Waals surface area contributed by atoms with Gasteiger partial charge in [0, 0.05) is 6.54 Å². The van der Waals surface area contributed by atoms with Gasteiger partial charge in [-0.3, -0.25) is 4.90 Å². The second kappa shape index (κ2) is 8.84. The van der Waals surface area contributed by atoms with Gasteiger partial charge in [-0.1, -0.05) is 38.1 Å². The molecule has 34 heavy (non-hydrogen) atoms. The minimum Gasteiger partial charge on any atom is -0.445 e. The van der Waals surface area contributed by atoms with Crippen LogP contribution in [0.15, 0.2) is 36.4 Å². The quantitative estimate of drug-likeness (QED) is 0.608. The molecule has 3 fully saturated rings. The van der Waals surface area contributed by atoms with Crippen LogP contribution in [0, 0.1) is 18.3 Å². The highest BCUT2D eigenvalue weighted by molar-refractivity contribution is 5.71. The van der Waals surface area contributed by atoms with Crippen molar-refractivity contribution >= 4 is 6.09 Å². The number of piperidine rings is 3. The van der Waals surface area contributed by atoms with E-state index in [1.807, 2.05) is 12.1 Å². The van der Waals surface area contributed by atoms with Crippen LogP contribution >= 0.6 is 0 Å². The van der Waals surface area contributed by atoms with E-state index < -0.39 is 6.61 Å². The first-order valence-corrected chi connectivity index (χ1v) is 12.1. The molecule has 6 rings (SSSR count). The molecule has 2 bridgehead atoms. The maximum atomic E-state index is 12.9. The van der Waals surface area contributed by atoms with Crippen molar-refractivity contribution in [2.75, 3.05) is 19.6 Å². The van der Waals surface area contributed by atoms with Gasteiger partial charge in [-0.15, -0.1) is 0 Å². The second-order valence-corrected chi connectivity index (χ2v) is 10.6. The van der Waals surface area contributed by atoms with Crippen molar-refractivity contribution in [2.45, 2.75) is 58.8 Å². The van der Waals surface area contributed by atoms with Crippen molar-refractivity contribution in [1.29, 1.82) is 0 Å². The second-order valence-electron chi connectivity index (χ2n) is 10.6. The monoisotopic (exact) mass is 470 g/mol. The predicted octanol–water partition coefficient (Wildman–Crippen LogP) is 5.71. The Morgan fingerprint density at radius 1 is 1.12 bits per heavy atom. The fraction of sp³-hybridized carbons (Fsp3) is 0.519. The molecule has 0 radical (unpaired) electrons. The molecule has 182 valence electrons. The van der Waals surface area contributed by atoms with Crippen molar-refractivity contribution in [3.8, 4) is 16.9 Å². The third kappa shape index (κ3) is 4.50. The van der Waals surface area contributed by atoms with Crippen LogP contribution in [0.3, 0.4) is 0 Å². The molecule has 3 saturated heterocycles. The maximum absolute atomic E-state index is 12.9. The minimum absolute atomic E-state index is 0.0193. The molecule has 0 spiro atoms. The standard InChI is InChI=1S/C27H32F2N2O3/c1-16-12-18(5-7-22(16)33-25(28)29)19-4-6-21-20(13-19)14-27(2,3)24(21)30-26(32)34-23-15-31-10-8-17(23)9-11-31/h4-7,12-13,17,23-25H,8-11,14-15H2,1-3H3,(H,30,32)/t23-,24+/m1/s1. The van der Waals surface area contributed by atoms with Gasteiger partial charge in [-0.05, 0) is 90.6 Å². The van der Waals surface area contributed by atoms with E-state index in [1.54, 1.807) is 19.1 Å². The molecule has 2 aromatic rings. The number of fused-ring (bicyclic) bond motifs is 4. The Kier molecular flexibility index (Phi) is 6.00. The highest BCUT2D eigenvalue weighted by atomic mass is 19.3. The fourth-order valence-electron chi connectivity index (χ4n) is 5.90. The highest BCUT2D eigenvalue weighted by Crippen LogP contribution is 2.46. The molecule has 1 amide bonds. The molecule has 0 unspecified atom stereocenters. The van der Waals surface area contributed by atoms with Gasteiger partial charge in [-0.2, -0.15) is 8.78 Å². The highest BCUT2D eigenvalue weighted by Gasteiger charge is 2.42. The van der Waals surface area contributed by atoms with Gasteiger partial charge in [0.25, 0.3) is 0 Å². The summed E-state index contributed by atoms with van der Waals surface area (Å²) in [6.07, 6.45) is 2.68. The normalized spacial score (nSPS) is 26.9. The topological polar surface area (TPSA) is 50.8 Å². The lowest BCUT2D eigenvalue weighted by Gasteiger charge is -2.44. The third-order valence-corrected chi connectivity index (χ3v) is 7.72. The predicted molar refractivity (Wildman–Crippen MR) is 126 cm³/mol. The number of rotatable bonds is 5. The van der Waals surface area contributed by atoms with Gasteiger partial charge in [0.2, 0.25) is 0 Å². The molecule has 7 heteroatoms. The Hall–Kier alpha value is -2.67. The van der Waals surface area contributed by atoms with Crippen LogP contribution in [0.5, 0.6) is 5.75 Å². The molecule has 3 aliphatic heterocycles. The van der Waals surface area contributed by atoms with Crippen molar-refractivity contribution < 1.29 is 23.0 Å². The number of carbonyl (C=O) groups excluding carboxylic acids is 1. The lowest BCUT2D eigenvalue weighted by Crippen LogP contribution is -2.53. The summed E-state index contributed by atoms with van der Waals surface area (Å²) >= 11 is 0. The van der Waals surface area contributed by atoms with Gasteiger partial charge in [0.1, 0.15) is 11.9 Å². The summed E-state index contributed by atoms with van der Waals surface area (Å²) in [6.45, 7) is 6.30. The van der Waals surface area contributed by atoms with Crippen molar-refractivity contribution in [2.24, 2.45) is 11.3 Å². The van der Waals surface area contributed by atoms with E-state index in [2.05, 4.69) is 40.9 Å². The van der Waals surface area contributed by atoms with E-state index in [1.165, 1.54) is 5.56 Å². The number of aryl methyl sites for hydroxylation is 1. The van der Waals surface area contributed by atoms with Crippen LogP contribution in [0.1, 0.15) is 49.4 Å². The largest absolute Gasteiger partial charge is 0.445 e. The van der Waals surface area contributed by atoms with Crippen LogP contribution in [-0.2, 0) is 11.2 Å². The summed E-state index contributed by atoms with van der Waals surface area (Å²) < 4.78 is 35.6. The van der Waals surface area contributed by atoms with Crippen molar-refractivity contribution in [1.82, 2.24) is 10.2 Å². The van der Waals surface area contributed by atoms with E-state index in [9.17, 15) is 13.6 Å². The van der Waals surface area contributed by atoms with E-state index in [0.29, 0.717) is 11.5 Å². The Balaban J connectivity index is 1.31. The van der Waals surface area contributed by atoms with Crippen LogP contribution in [0.25, 0.3) is 11.1 Å². The molecule has 1 aliphatic carbocycles. The number of nitrogens with one attached hydrogen (secondary N) is 1. The van der Waals surface area contributed by atoms with Gasteiger partial charge < -0.3 is 14.8 Å².